The molecule has 1 aliphatic rings. The monoisotopic (exact) mass is 335 g/mol. The first-order chi connectivity index (χ1) is 8.79. The Labute approximate surface area is 117 Å². The minimum Gasteiger partial charge on any atom is -0.475 e. The van der Waals surface area contributed by atoms with Gasteiger partial charge in [0, 0.05) is 10.0 Å². The molecule has 0 fully saturated rings. The zero-order chi connectivity index (χ0) is 14.2. The fraction of sp³-hybridized carbons (Fsp3) is 0.462. The Hall–Kier alpha value is -1.04. The van der Waals surface area contributed by atoms with Gasteiger partial charge in [-0.1, -0.05) is 29.8 Å². The van der Waals surface area contributed by atoms with E-state index in [4.69, 9.17) is 4.74 Å². The van der Waals surface area contributed by atoms with Crippen molar-refractivity contribution >= 4 is 21.8 Å². The van der Waals surface area contributed by atoms with Gasteiger partial charge < -0.3 is 4.74 Å². The summed E-state index contributed by atoms with van der Waals surface area (Å²) in [7, 11) is 0. The van der Waals surface area contributed by atoms with Gasteiger partial charge in [0.05, 0.1) is 11.6 Å². The second-order valence-corrected chi connectivity index (χ2v) is 5.66. The van der Waals surface area contributed by atoms with Crippen LogP contribution in [-0.2, 0) is 10.9 Å². The molecule has 1 aliphatic heterocycles. The lowest BCUT2D eigenvalue weighted by atomic mass is 10.1. The second kappa shape index (κ2) is 5.15. The first-order valence-corrected chi connectivity index (χ1v) is 6.66. The highest BCUT2D eigenvalue weighted by Crippen LogP contribution is 2.35. The molecule has 1 atom stereocenters. The van der Waals surface area contributed by atoms with Crippen molar-refractivity contribution in [2.75, 3.05) is 6.61 Å². The Morgan fingerprint density at radius 3 is 2.58 bits per heavy atom. The molecule has 0 N–H and O–H groups in total. The van der Waals surface area contributed by atoms with Gasteiger partial charge in [0.1, 0.15) is 6.61 Å². The van der Waals surface area contributed by atoms with Crippen molar-refractivity contribution in [2.45, 2.75) is 26.1 Å². The van der Waals surface area contributed by atoms with E-state index in [1.807, 2.05) is 13.8 Å². The van der Waals surface area contributed by atoms with E-state index in [1.54, 1.807) is 6.07 Å². The van der Waals surface area contributed by atoms with Crippen molar-refractivity contribution in [1.29, 1.82) is 0 Å². The van der Waals surface area contributed by atoms with Crippen molar-refractivity contribution < 1.29 is 17.9 Å². The van der Waals surface area contributed by atoms with Crippen molar-refractivity contribution in [1.82, 2.24) is 0 Å². The molecule has 0 amide bonds. The number of rotatable bonds is 2. The van der Waals surface area contributed by atoms with E-state index >= 15 is 0 Å². The summed E-state index contributed by atoms with van der Waals surface area (Å²) in [5.74, 6) is 0.320. The minimum atomic E-state index is -4.43. The molecule has 1 aromatic carbocycles. The van der Waals surface area contributed by atoms with Crippen LogP contribution in [0.3, 0.4) is 0 Å². The van der Waals surface area contributed by atoms with Crippen LogP contribution in [0.1, 0.15) is 25.0 Å². The molecule has 2 nitrogen and oxygen atoms in total. The number of halogens is 4. The third-order valence-electron chi connectivity index (χ3n) is 2.96. The molecule has 1 heterocycles. The average molecular weight is 336 g/mol. The molecule has 1 aromatic rings. The Morgan fingerprint density at radius 2 is 2.05 bits per heavy atom. The summed E-state index contributed by atoms with van der Waals surface area (Å²) in [6.45, 7) is 4.26. The highest BCUT2D eigenvalue weighted by atomic mass is 79.9. The van der Waals surface area contributed by atoms with Gasteiger partial charge in [-0.15, -0.1) is 0 Å². The fourth-order valence-corrected chi connectivity index (χ4v) is 2.18. The van der Waals surface area contributed by atoms with Gasteiger partial charge >= 0.3 is 6.18 Å². The van der Waals surface area contributed by atoms with E-state index < -0.39 is 11.7 Å². The van der Waals surface area contributed by atoms with Crippen LogP contribution in [0, 0.1) is 5.92 Å². The third-order valence-corrected chi connectivity index (χ3v) is 3.45. The molecule has 0 radical (unpaired) electrons. The first kappa shape index (κ1) is 14.4. The van der Waals surface area contributed by atoms with Crippen molar-refractivity contribution in [3.63, 3.8) is 0 Å². The molecule has 0 unspecified atom stereocenters. The molecular weight excluding hydrogens is 323 g/mol. The Balaban J connectivity index is 2.44. The summed E-state index contributed by atoms with van der Waals surface area (Å²) in [5, 5.41) is 0. The molecule has 19 heavy (non-hydrogen) atoms. The van der Waals surface area contributed by atoms with Crippen LogP contribution in [0.2, 0.25) is 0 Å². The molecule has 6 heteroatoms. The van der Waals surface area contributed by atoms with Gasteiger partial charge in [-0.2, -0.15) is 13.2 Å². The molecule has 0 spiro atoms. The molecular formula is C13H13BrF3NO. The summed E-state index contributed by atoms with van der Waals surface area (Å²) in [4.78, 5) is 4.24. The lowest BCUT2D eigenvalue weighted by Gasteiger charge is -2.12. The van der Waals surface area contributed by atoms with Gasteiger partial charge in [0.15, 0.2) is 0 Å². The molecule has 104 valence electrons. The zero-order valence-corrected chi connectivity index (χ0v) is 12.0. The van der Waals surface area contributed by atoms with E-state index in [0.29, 0.717) is 11.1 Å². The van der Waals surface area contributed by atoms with Crippen LogP contribution >= 0.6 is 15.9 Å². The quantitative estimate of drug-likeness (QED) is 0.790. The van der Waals surface area contributed by atoms with Crippen molar-refractivity contribution in [2.24, 2.45) is 10.9 Å². The maximum absolute atomic E-state index is 13.0. The Kier molecular flexibility index (Phi) is 3.90. The number of hydrogen-bond donors (Lipinski definition) is 0. The SMILES string of the molecule is CC(C)[C@@H]1COC(c2ccc(Br)cc2C(F)(F)F)=N1. The van der Waals surface area contributed by atoms with E-state index in [0.717, 1.165) is 6.07 Å². The molecule has 2 rings (SSSR count). The standard InChI is InChI=1S/C13H13BrF3NO/c1-7(2)11-6-19-12(18-11)9-4-3-8(14)5-10(9)13(15,16)17/h3-5,7,11H,6H2,1-2H3/t11-/m0/s1. The number of nitrogens with zero attached hydrogens (tertiary/aromatic N) is 1. The largest absolute Gasteiger partial charge is 0.475 e. The van der Waals surface area contributed by atoms with Crippen LogP contribution in [0.15, 0.2) is 27.7 Å². The average Bonchev–Trinajstić information content (AvgIpc) is 2.77. The molecule has 0 saturated heterocycles. The van der Waals surface area contributed by atoms with Crippen molar-refractivity contribution in [3.8, 4) is 0 Å². The summed E-state index contributed by atoms with van der Waals surface area (Å²) in [6.07, 6.45) is -4.43. The van der Waals surface area contributed by atoms with E-state index in [2.05, 4.69) is 20.9 Å². The van der Waals surface area contributed by atoms with Crippen LogP contribution in [0.5, 0.6) is 0 Å². The fourth-order valence-electron chi connectivity index (χ4n) is 1.82. The van der Waals surface area contributed by atoms with Crippen LogP contribution in [-0.4, -0.2) is 18.5 Å². The number of alkyl halides is 3. The summed E-state index contributed by atoms with van der Waals surface area (Å²) in [5.41, 5.74) is -0.733. The van der Waals surface area contributed by atoms with Gasteiger partial charge in [0.25, 0.3) is 0 Å². The maximum Gasteiger partial charge on any atom is 0.417 e. The first-order valence-electron chi connectivity index (χ1n) is 5.86. The van der Waals surface area contributed by atoms with Crippen LogP contribution in [0.25, 0.3) is 0 Å². The second-order valence-electron chi connectivity index (χ2n) is 4.74. The van der Waals surface area contributed by atoms with Gasteiger partial charge in [0.2, 0.25) is 5.90 Å². The normalized spacial score (nSPS) is 19.5. The molecule has 0 bridgehead atoms. The van der Waals surface area contributed by atoms with Gasteiger partial charge in [-0.3, -0.25) is 0 Å². The van der Waals surface area contributed by atoms with E-state index in [-0.39, 0.29) is 23.4 Å². The lowest BCUT2D eigenvalue weighted by molar-refractivity contribution is -0.137. The predicted molar refractivity (Wildman–Crippen MR) is 70.3 cm³/mol. The van der Waals surface area contributed by atoms with Crippen molar-refractivity contribution in [3.05, 3.63) is 33.8 Å². The highest BCUT2D eigenvalue weighted by Gasteiger charge is 2.36. The predicted octanol–water partition coefficient (Wildman–Crippen LogP) is 4.27. The number of hydrogen-bond acceptors (Lipinski definition) is 2. The number of benzene rings is 1. The van der Waals surface area contributed by atoms with Gasteiger partial charge in [-0.05, 0) is 24.1 Å². The topological polar surface area (TPSA) is 21.6 Å². The highest BCUT2D eigenvalue weighted by molar-refractivity contribution is 9.10. The zero-order valence-electron chi connectivity index (χ0n) is 10.5. The summed E-state index contributed by atoms with van der Waals surface area (Å²) in [6, 6.07) is 3.90. The van der Waals surface area contributed by atoms with E-state index in [1.165, 1.54) is 6.07 Å². The smallest absolute Gasteiger partial charge is 0.417 e. The third kappa shape index (κ3) is 3.11. The Morgan fingerprint density at radius 1 is 1.37 bits per heavy atom. The minimum absolute atomic E-state index is 0.00106. The molecule has 0 aliphatic carbocycles. The summed E-state index contributed by atoms with van der Waals surface area (Å²) < 4.78 is 44.7. The Bertz CT molecular complexity index is 511. The maximum atomic E-state index is 13.0. The number of aliphatic imine (C=N–C) groups is 1. The van der Waals surface area contributed by atoms with Crippen LogP contribution in [0.4, 0.5) is 13.2 Å². The lowest BCUT2D eigenvalue weighted by Crippen LogP contribution is -2.14. The van der Waals surface area contributed by atoms with E-state index in [9.17, 15) is 13.2 Å². The molecule has 0 aromatic heterocycles. The molecule has 0 saturated carbocycles. The summed E-state index contributed by atoms with van der Waals surface area (Å²) >= 11 is 3.05. The van der Waals surface area contributed by atoms with Gasteiger partial charge in [-0.25, -0.2) is 4.99 Å². The van der Waals surface area contributed by atoms with Crippen LogP contribution < -0.4 is 0 Å². The number of ether oxygens (including phenoxy) is 1.